The van der Waals surface area contributed by atoms with Crippen LogP contribution in [0.5, 0.6) is 11.5 Å². The lowest BCUT2D eigenvalue weighted by Gasteiger charge is -2.23. The molecule has 5 nitrogen and oxygen atoms in total. The summed E-state index contributed by atoms with van der Waals surface area (Å²) < 4.78 is 20.7. The van der Waals surface area contributed by atoms with E-state index in [9.17, 15) is 4.39 Å². The number of nitrogens with zero attached hydrogens (tertiary/aromatic N) is 2. The van der Waals surface area contributed by atoms with E-state index in [1.54, 1.807) is 36.5 Å². The second-order valence-electron chi connectivity index (χ2n) is 7.16. The fraction of sp³-hybridized carbons (Fsp3) is 0.120. The molecule has 1 aliphatic heterocycles. The van der Waals surface area contributed by atoms with Crippen molar-refractivity contribution < 1.29 is 9.13 Å². The van der Waals surface area contributed by atoms with Crippen LogP contribution in [0.3, 0.4) is 0 Å². The molecule has 31 heavy (non-hydrogen) atoms. The summed E-state index contributed by atoms with van der Waals surface area (Å²) in [5.74, 6) is 0.711. The quantitative estimate of drug-likeness (QED) is 0.564. The largest absolute Gasteiger partial charge is 0.456 e. The van der Waals surface area contributed by atoms with Crippen LogP contribution in [0, 0.1) is 5.82 Å². The Morgan fingerprint density at radius 2 is 1.94 bits per heavy atom. The standard InChI is InChI=1S/C25H23FN4O/c1-16-17(2)27-14-12-21(16)29-18(3)22-13-15-28-25(30-22)24-20(26)10-7-11-23(24)31-19-8-5-4-6-9-19/h4-11,13,15,27,29H,2-3,12,14H2,1H3. The lowest BCUT2D eigenvalue weighted by molar-refractivity contribution is 0.479. The smallest absolute Gasteiger partial charge is 0.166 e. The number of allylic oxidation sites excluding steroid dienone is 1. The van der Waals surface area contributed by atoms with E-state index in [4.69, 9.17) is 4.74 Å². The minimum atomic E-state index is -0.461. The van der Waals surface area contributed by atoms with Crippen LogP contribution in [0.1, 0.15) is 19.0 Å². The average Bonchev–Trinajstić information content (AvgIpc) is 2.78. The highest BCUT2D eigenvalue weighted by atomic mass is 19.1. The van der Waals surface area contributed by atoms with E-state index in [0.29, 0.717) is 22.9 Å². The van der Waals surface area contributed by atoms with Gasteiger partial charge in [-0.3, -0.25) is 0 Å². The minimum absolute atomic E-state index is 0.201. The van der Waals surface area contributed by atoms with Crippen molar-refractivity contribution in [3.63, 3.8) is 0 Å². The van der Waals surface area contributed by atoms with Crippen molar-refractivity contribution in [2.75, 3.05) is 6.54 Å². The van der Waals surface area contributed by atoms with Gasteiger partial charge in [0, 0.05) is 30.6 Å². The van der Waals surface area contributed by atoms with Crippen molar-refractivity contribution in [3.05, 3.63) is 102 Å². The van der Waals surface area contributed by atoms with E-state index in [1.807, 2.05) is 25.1 Å². The van der Waals surface area contributed by atoms with Crippen LogP contribution in [0.2, 0.25) is 0 Å². The van der Waals surface area contributed by atoms with Gasteiger partial charge in [-0.05, 0) is 42.8 Å². The van der Waals surface area contributed by atoms with Crippen LogP contribution in [0.4, 0.5) is 4.39 Å². The number of aromatic nitrogens is 2. The third-order valence-corrected chi connectivity index (χ3v) is 5.06. The number of ether oxygens (including phenoxy) is 1. The SMILES string of the molecule is C=C1NCCC(NC(=C)c2ccnc(-c3c(F)cccc3Oc3ccccc3)n2)=C1C. The van der Waals surface area contributed by atoms with E-state index in [1.165, 1.54) is 6.07 Å². The summed E-state index contributed by atoms with van der Waals surface area (Å²) in [7, 11) is 0. The molecule has 2 heterocycles. The van der Waals surface area contributed by atoms with Crippen LogP contribution in [-0.4, -0.2) is 16.5 Å². The maximum absolute atomic E-state index is 14.8. The predicted molar refractivity (Wildman–Crippen MR) is 121 cm³/mol. The van der Waals surface area contributed by atoms with E-state index < -0.39 is 5.82 Å². The Labute approximate surface area is 181 Å². The van der Waals surface area contributed by atoms with Gasteiger partial charge in [0.15, 0.2) is 5.82 Å². The Balaban J connectivity index is 1.65. The van der Waals surface area contributed by atoms with Gasteiger partial charge in [0.05, 0.1) is 17.0 Å². The van der Waals surface area contributed by atoms with E-state index in [0.717, 1.165) is 29.9 Å². The van der Waals surface area contributed by atoms with Crippen LogP contribution in [-0.2, 0) is 0 Å². The zero-order valence-electron chi connectivity index (χ0n) is 17.3. The first kappa shape index (κ1) is 20.3. The van der Waals surface area contributed by atoms with Crippen LogP contribution < -0.4 is 15.4 Å². The Bertz CT molecular complexity index is 1170. The molecule has 4 rings (SSSR count). The summed E-state index contributed by atoms with van der Waals surface area (Å²) in [5, 5.41) is 6.57. The van der Waals surface area contributed by atoms with Gasteiger partial charge in [-0.2, -0.15) is 0 Å². The molecule has 2 aromatic carbocycles. The highest BCUT2D eigenvalue weighted by Gasteiger charge is 2.18. The number of rotatable bonds is 6. The summed E-state index contributed by atoms with van der Waals surface area (Å²) in [6.07, 6.45) is 2.41. The Hall–Kier alpha value is -3.93. The molecular formula is C25H23FN4O. The molecule has 0 radical (unpaired) electrons. The number of nitrogens with one attached hydrogen (secondary N) is 2. The molecule has 0 bridgehead atoms. The molecular weight excluding hydrogens is 391 g/mol. The van der Waals surface area contributed by atoms with Crippen molar-refractivity contribution in [1.82, 2.24) is 20.6 Å². The average molecular weight is 414 g/mol. The van der Waals surface area contributed by atoms with Crippen LogP contribution in [0.15, 0.2) is 90.9 Å². The molecule has 0 aliphatic carbocycles. The summed E-state index contributed by atoms with van der Waals surface area (Å²) >= 11 is 0. The second kappa shape index (κ2) is 8.83. The molecule has 156 valence electrons. The monoisotopic (exact) mass is 414 g/mol. The molecule has 0 saturated carbocycles. The summed E-state index contributed by atoms with van der Waals surface area (Å²) in [5.41, 5.74) is 4.35. The third kappa shape index (κ3) is 4.48. The molecule has 0 spiro atoms. The van der Waals surface area contributed by atoms with Crippen LogP contribution >= 0.6 is 0 Å². The van der Waals surface area contributed by atoms with Gasteiger partial charge in [-0.1, -0.05) is 37.4 Å². The molecule has 1 aliphatic rings. The van der Waals surface area contributed by atoms with Gasteiger partial charge in [0.25, 0.3) is 0 Å². The molecule has 2 N–H and O–H groups in total. The van der Waals surface area contributed by atoms with E-state index in [2.05, 4.69) is 33.8 Å². The van der Waals surface area contributed by atoms with Gasteiger partial charge >= 0.3 is 0 Å². The summed E-state index contributed by atoms with van der Waals surface area (Å²) in [6.45, 7) is 10.9. The van der Waals surface area contributed by atoms with Crippen molar-refractivity contribution in [3.8, 4) is 22.9 Å². The second-order valence-corrected chi connectivity index (χ2v) is 7.16. The molecule has 0 atom stereocenters. The molecule has 3 aromatic rings. The lowest BCUT2D eigenvalue weighted by atomic mass is 10.1. The predicted octanol–water partition coefficient (Wildman–Crippen LogP) is 5.42. The van der Waals surface area contributed by atoms with E-state index >= 15 is 0 Å². The summed E-state index contributed by atoms with van der Waals surface area (Å²) in [6, 6.07) is 15.6. The maximum Gasteiger partial charge on any atom is 0.166 e. The van der Waals surface area contributed by atoms with Gasteiger partial charge in [0.2, 0.25) is 0 Å². The maximum atomic E-state index is 14.8. The minimum Gasteiger partial charge on any atom is -0.456 e. The van der Waals surface area contributed by atoms with Crippen molar-refractivity contribution in [2.24, 2.45) is 0 Å². The zero-order valence-corrected chi connectivity index (χ0v) is 17.3. The molecule has 0 unspecified atom stereocenters. The molecule has 0 saturated heterocycles. The Morgan fingerprint density at radius 1 is 1.13 bits per heavy atom. The van der Waals surface area contributed by atoms with Crippen molar-refractivity contribution in [2.45, 2.75) is 13.3 Å². The zero-order chi connectivity index (χ0) is 21.8. The van der Waals surface area contributed by atoms with Crippen LogP contribution in [0.25, 0.3) is 17.1 Å². The number of hydrogen-bond donors (Lipinski definition) is 2. The number of benzene rings is 2. The van der Waals surface area contributed by atoms with Crippen molar-refractivity contribution in [1.29, 1.82) is 0 Å². The molecule has 1 aromatic heterocycles. The fourth-order valence-electron chi connectivity index (χ4n) is 3.31. The number of para-hydroxylation sites is 1. The van der Waals surface area contributed by atoms with Gasteiger partial charge in [0.1, 0.15) is 17.3 Å². The first-order chi connectivity index (χ1) is 15.0. The third-order valence-electron chi connectivity index (χ3n) is 5.06. The molecule has 6 heteroatoms. The topological polar surface area (TPSA) is 59.1 Å². The fourth-order valence-corrected chi connectivity index (χ4v) is 3.31. The highest BCUT2D eigenvalue weighted by Crippen LogP contribution is 2.34. The Kier molecular flexibility index (Phi) is 5.80. The highest BCUT2D eigenvalue weighted by molar-refractivity contribution is 5.68. The number of hydrogen-bond acceptors (Lipinski definition) is 5. The lowest BCUT2D eigenvalue weighted by Crippen LogP contribution is -2.27. The Morgan fingerprint density at radius 3 is 2.74 bits per heavy atom. The van der Waals surface area contributed by atoms with Gasteiger partial charge in [-0.25, -0.2) is 14.4 Å². The first-order valence-corrected chi connectivity index (χ1v) is 9.97. The van der Waals surface area contributed by atoms with Gasteiger partial charge in [-0.15, -0.1) is 0 Å². The summed E-state index contributed by atoms with van der Waals surface area (Å²) in [4.78, 5) is 8.85. The number of halogens is 1. The molecule has 0 fully saturated rings. The normalized spacial score (nSPS) is 13.5. The first-order valence-electron chi connectivity index (χ1n) is 9.97. The van der Waals surface area contributed by atoms with E-state index in [-0.39, 0.29) is 11.4 Å². The van der Waals surface area contributed by atoms with Gasteiger partial charge < -0.3 is 15.4 Å². The van der Waals surface area contributed by atoms with Crippen molar-refractivity contribution >= 4 is 5.70 Å². The molecule has 0 amide bonds.